The molecule has 9 heteroatoms. The van der Waals surface area contributed by atoms with Gasteiger partial charge in [0.1, 0.15) is 12.4 Å². The maximum Gasteiger partial charge on any atom is 0.697 e. The second-order valence-corrected chi connectivity index (χ2v) is 5.01. The van der Waals surface area contributed by atoms with Gasteiger partial charge < -0.3 is 10.5 Å². The SMILES string of the molecule is Nc1ccn([C@@H]2OC3CO[P+](=O)O[C@H]2C3)c(=O)n1. The van der Waals surface area contributed by atoms with E-state index >= 15 is 0 Å². The first kappa shape index (κ1) is 11.7. The molecule has 1 aromatic heterocycles. The number of hydrogen-bond donors (Lipinski definition) is 1. The van der Waals surface area contributed by atoms with E-state index in [0.29, 0.717) is 6.42 Å². The van der Waals surface area contributed by atoms with Crippen molar-refractivity contribution in [1.29, 1.82) is 0 Å². The molecule has 3 rings (SSSR count). The molecule has 8 nitrogen and oxygen atoms in total. The molecule has 2 fully saturated rings. The van der Waals surface area contributed by atoms with Crippen molar-refractivity contribution in [3.05, 3.63) is 22.7 Å². The van der Waals surface area contributed by atoms with Crippen molar-refractivity contribution < 1.29 is 18.3 Å². The van der Waals surface area contributed by atoms with Gasteiger partial charge in [-0.15, -0.1) is 9.05 Å². The smallest absolute Gasteiger partial charge is 0.383 e. The molecular weight excluding hydrogens is 261 g/mol. The first-order chi connectivity index (χ1) is 8.63. The fourth-order valence-corrected chi connectivity index (χ4v) is 2.83. The Balaban J connectivity index is 1.93. The zero-order valence-corrected chi connectivity index (χ0v) is 10.2. The topological polar surface area (TPSA) is 106 Å². The van der Waals surface area contributed by atoms with Crippen LogP contribution < -0.4 is 11.4 Å². The number of nitrogen functional groups attached to an aromatic ring is 1. The van der Waals surface area contributed by atoms with E-state index in [9.17, 15) is 9.36 Å². The molecule has 0 amide bonds. The Bertz CT molecular complexity index is 547. The Morgan fingerprint density at radius 3 is 3.17 bits per heavy atom. The van der Waals surface area contributed by atoms with Gasteiger partial charge in [0.05, 0.1) is 6.10 Å². The van der Waals surface area contributed by atoms with Crippen LogP contribution in [0.2, 0.25) is 0 Å². The van der Waals surface area contributed by atoms with Gasteiger partial charge in [-0.2, -0.15) is 4.98 Å². The average molecular weight is 272 g/mol. The second-order valence-electron chi connectivity index (χ2n) is 4.09. The normalized spacial score (nSPS) is 33.3. The zero-order valence-electron chi connectivity index (χ0n) is 9.26. The maximum atomic E-state index is 11.7. The quantitative estimate of drug-likeness (QED) is 0.727. The first-order valence-electron chi connectivity index (χ1n) is 5.40. The van der Waals surface area contributed by atoms with Crippen molar-refractivity contribution in [2.24, 2.45) is 0 Å². The molecular formula is C9H11N3O5P+. The molecule has 2 aliphatic rings. The lowest BCUT2D eigenvalue weighted by Crippen LogP contribution is -2.32. The number of rotatable bonds is 1. The fourth-order valence-electron chi connectivity index (χ4n) is 2.07. The van der Waals surface area contributed by atoms with E-state index in [4.69, 9.17) is 19.5 Å². The predicted octanol–water partition coefficient (Wildman–Crippen LogP) is 0.186. The van der Waals surface area contributed by atoms with Gasteiger partial charge in [-0.3, -0.25) is 4.57 Å². The second kappa shape index (κ2) is 4.40. The minimum atomic E-state index is -2.16. The Labute approximate surface area is 103 Å². The van der Waals surface area contributed by atoms with Crippen LogP contribution in [0.5, 0.6) is 0 Å². The summed E-state index contributed by atoms with van der Waals surface area (Å²) in [6.45, 7) is 0.194. The van der Waals surface area contributed by atoms with Crippen LogP contribution >= 0.6 is 8.25 Å². The van der Waals surface area contributed by atoms with Crippen LogP contribution in [0.1, 0.15) is 12.6 Å². The largest absolute Gasteiger partial charge is 0.697 e. The summed E-state index contributed by atoms with van der Waals surface area (Å²) in [5, 5.41) is 0. The number of aromatic nitrogens is 2. The van der Waals surface area contributed by atoms with Crippen LogP contribution in [-0.2, 0) is 18.3 Å². The molecule has 2 N–H and O–H groups in total. The Hall–Kier alpha value is -1.34. The molecule has 0 aromatic carbocycles. The van der Waals surface area contributed by atoms with Gasteiger partial charge in [-0.1, -0.05) is 0 Å². The molecule has 0 saturated carbocycles. The molecule has 96 valence electrons. The van der Waals surface area contributed by atoms with E-state index in [1.165, 1.54) is 16.8 Å². The van der Waals surface area contributed by atoms with Crippen LogP contribution in [-0.4, -0.2) is 28.4 Å². The van der Waals surface area contributed by atoms with E-state index in [1.54, 1.807) is 0 Å². The molecule has 2 saturated heterocycles. The third kappa shape index (κ3) is 2.04. The highest BCUT2D eigenvalue weighted by atomic mass is 31.1. The summed E-state index contributed by atoms with van der Waals surface area (Å²) in [7, 11) is -2.16. The third-order valence-electron chi connectivity index (χ3n) is 2.86. The maximum absolute atomic E-state index is 11.7. The van der Waals surface area contributed by atoms with Crippen molar-refractivity contribution >= 4 is 14.1 Å². The molecule has 2 bridgehead atoms. The summed E-state index contributed by atoms with van der Waals surface area (Å²) >= 11 is 0. The number of hydrogen-bond acceptors (Lipinski definition) is 7. The minimum absolute atomic E-state index is 0.143. The van der Waals surface area contributed by atoms with E-state index in [1.807, 2.05) is 0 Å². The lowest BCUT2D eigenvalue weighted by molar-refractivity contribution is -0.0599. The molecule has 0 aliphatic carbocycles. The van der Waals surface area contributed by atoms with Crippen molar-refractivity contribution in [2.45, 2.75) is 24.9 Å². The van der Waals surface area contributed by atoms with Gasteiger partial charge in [0, 0.05) is 17.2 Å². The summed E-state index contributed by atoms with van der Waals surface area (Å²) < 4.78 is 28.3. The van der Waals surface area contributed by atoms with Gasteiger partial charge >= 0.3 is 13.9 Å². The Morgan fingerprint density at radius 2 is 2.39 bits per heavy atom. The third-order valence-corrected chi connectivity index (χ3v) is 3.66. The monoisotopic (exact) mass is 272 g/mol. The van der Waals surface area contributed by atoms with Crippen LogP contribution in [0.3, 0.4) is 0 Å². The molecule has 0 radical (unpaired) electrons. The zero-order chi connectivity index (χ0) is 12.7. The average Bonchev–Trinajstić information content (AvgIpc) is 2.59. The number of fused-ring (bicyclic) bond motifs is 2. The van der Waals surface area contributed by atoms with Crippen LogP contribution in [0.4, 0.5) is 5.82 Å². The van der Waals surface area contributed by atoms with Crippen LogP contribution in [0.15, 0.2) is 17.1 Å². The lowest BCUT2D eigenvalue weighted by atomic mass is 10.2. The van der Waals surface area contributed by atoms with E-state index in [0.717, 1.165) is 0 Å². The van der Waals surface area contributed by atoms with Crippen molar-refractivity contribution in [2.75, 3.05) is 12.3 Å². The molecule has 0 spiro atoms. The number of ether oxygens (including phenoxy) is 1. The highest BCUT2D eigenvalue weighted by Crippen LogP contribution is 2.41. The predicted molar refractivity (Wildman–Crippen MR) is 59.9 cm³/mol. The van der Waals surface area contributed by atoms with Crippen molar-refractivity contribution in [3.8, 4) is 0 Å². The summed E-state index contributed by atoms with van der Waals surface area (Å²) in [5.74, 6) is 0.143. The number of anilines is 1. The molecule has 18 heavy (non-hydrogen) atoms. The highest BCUT2D eigenvalue weighted by Gasteiger charge is 2.48. The molecule has 2 aliphatic heterocycles. The van der Waals surface area contributed by atoms with E-state index in [2.05, 4.69) is 4.98 Å². The van der Waals surface area contributed by atoms with Gasteiger partial charge in [-0.25, -0.2) is 4.79 Å². The standard InChI is InChI=1S/C9H10N3O5P/c10-7-1-2-12(9(13)11-7)8-6-3-5(16-8)4-15-18(14)17-6/h1-2,5-6,8H,3-4H2,(H-,10,11,13)/p+1/t5?,6-,8+/m0/s1. The van der Waals surface area contributed by atoms with E-state index < -0.39 is 26.3 Å². The summed E-state index contributed by atoms with van der Waals surface area (Å²) in [5.41, 5.74) is 4.89. The van der Waals surface area contributed by atoms with Gasteiger partial charge in [0.15, 0.2) is 12.3 Å². The minimum Gasteiger partial charge on any atom is -0.383 e. The van der Waals surface area contributed by atoms with Gasteiger partial charge in [-0.05, 0) is 6.07 Å². The van der Waals surface area contributed by atoms with Gasteiger partial charge in [0.2, 0.25) is 0 Å². The number of nitrogens with two attached hydrogens (primary N) is 1. The first-order valence-corrected chi connectivity index (χ1v) is 6.50. The van der Waals surface area contributed by atoms with Crippen LogP contribution in [0.25, 0.3) is 0 Å². The number of nitrogens with zero attached hydrogens (tertiary/aromatic N) is 2. The summed E-state index contributed by atoms with van der Waals surface area (Å²) in [6, 6.07) is 1.50. The molecule has 1 aromatic rings. The van der Waals surface area contributed by atoms with Crippen molar-refractivity contribution in [1.82, 2.24) is 9.55 Å². The molecule has 4 atom stereocenters. The Morgan fingerprint density at radius 1 is 1.56 bits per heavy atom. The summed E-state index contributed by atoms with van der Waals surface area (Å²) in [6.07, 6.45) is 0.667. The van der Waals surface area contributed by atoms with Crippen molar-refractivity contribution in [3.63, 3.8) is 0 Å². The molecule has 2 unspecified atom stereocenters. The van der Waals surface area contributed by atoms with E-state index in [-0.39, 0.29) is 18.5 Å². The fraction of sp³-hybridized carbons (Fsp3) is 0.556. The van der Waals surface area contributed by atoms with Gasteiger partial charge in [0.25, 0.3) is 0 Å². The molecule has 3 heterocycles. The van der Waals surface area contributed by atoms with Crippen LogP contribution in [0, 0.1) is 0 Å². The Kier molecular flexibility index (Phi) is 2.87. The summed E-state index contributed by atoms with van der Waals surface area (Å²) in [4.78, 5) is 15.3. The lowest BCUT2D eigenvalue weighted by Gasteiger charge is -2.17. The highest BCUT2D eigenvalue weighted by molar-refractivity contribution is 7.33.